The summed E-state index contributed by atoms with van der Waals surface area (Å²) >= 11 is 0. The van der Waals surface area contributed by atoms with Crippen LogP contribution in [-0.2, 0) is 0 Å². The van der Waals surface area contributed by atoms with Gasteiger partial charge in [-0.3, -0.25) is 0 Å². The van der Waals surface area contributed by atoms with E-state index in [0.29, 0.717) is 13.2 Å². The molecule has 1 aromatic rings. The molecule has 0 atom stereocenters. The van der Waals surface area contributed by atoms with Crippen molar-refractivity contribution in [3.05, 3.63) is 24.3 Å². The smallest absolute Gasteiger partial charge is 0.142 e. The van der Waals surface area contributed by atoms with Crippen molar-refractivity contribution in [2.45, 2.75) is 0 Å². The van der Waals surface area contributed by atoms with Crippen molar-refractivity contribution in [3.63, 3.8) is 0 Å². The van der Waals surface area contributed by atoms with Gasteiger partial charge in [0.25, 0.3) is 0 Å². The number of hydrogen-bond acceptors (Lipinski definition) is 2. The zero-order chi connectivity index (χ0) is 9.10. The molecule has 2 nitrogen and oxygen atoms in total. The third-order valence-corrected chi connectivity index (χ3v) is 2.18. The van der Waals surface area contributed by atoms with E-state index < -0.39 is 0 Å². The minimum Gasteiger partial charge on any atom is -0.490 e. The second-order valence-electron chi connectivity index (χ2n) is 2.99. The lowest BCUT2D eigenvalue weighted by molar-refractivity contribution is 0.304. The number of halogens is 1. The Morgan fingerprint density at radius 3 is 3.08 bits per heavy atom. The molecule has 3 heteroatoms. The van der Waals surface area contributed by atoms with Crippen molar-refractivity contribution in [3.8, 4) is 5.75 Å². The van der Waals surface area contributed by atoms with Crippen LogP contribution >= 0.6 is 0 Å². The molecule has 1 aliphatic heterocycles. The van der Waals surface area contributed by atoms with Gasteiger partial charge in [-0.25, -0.2) is 4.39 Å². The summed E-state index contributed by atoms with van der Waals surface area (Å²) in [6, 6.07) is 7.75. The number of ether oxygens (including phenoxy) is 1. The van der Waals surface area contributed by atoms with E-state index in [1.54, 1.807) is 0 Å². The van der Waals surface area contributed by atoms with Gasteiger partial charge in [-0.2, -0.15) is 0 Å². The normalized spacial score (nSPS) is 15.0. The highest BCUT2D eigenvalue weighted by Gasteiger charge is 2.16. The lowest BCUT2D eigenvalue weighted by Gasteiger charge is -2.30. The number of hydrogen-bond donors (Lipinski definition) is 0. The predicted octanol–water partition coefficient (Wildman–Crippen LogP) is 1.85. The summed E-state index contributed by atoms with van der Waals surface area (Å²) < 4.78 is 17.6. The van der Waals surface area contributed by atoms with Crippen molar-refractivity contribution in [1.82, 2.24) is 0 Å². The summed E-state index contributed by atoms with van der Waals surface area (Å²) in [7, 11) is 0. The first-order chi connectivity index (χ1) is 6.42. The van der Waals surface area contributed by atoms with Crippen LogP contribution in [0.1, 0.15) is 0 Å². The molecule has 0 unspecified atom stereocenters. The van der Waals surface area contributed by atoms with Crippen molar-refractivity contribution >= 4 is 5.69 Å². The van der Waals surface area contributed by atoms with Crippen molar-refractivity contribution in [2.24, 2.45) is 0 Å². The summed E-state index contributed by atoms with van der Waals surface area (Å²) in [6.45, 7) is 1.58. The van der Waals surface area contributed by atoms with Gasteiger partial charge in [0.15, 0.2) is 0 Å². The number of alkyl halides is 1. The molecule has 0 spiro atoms. The molecule has 0 saturated heterocycles. The Hall–Kier alpha value is -1.25. The number of nitrogens with zero attached hydrogens (tertiary/aromatic N) is 1. The lowest BCUT2D eigenvalue weighted by atomic mass is 10.2. The van der Waals surface area contributed by atoms with E-state index in [0.717, 1.165) is 18.0 Å². The standard InChI is InChI=1S/C10H12FNO/c11-5-6-12-7-8-13-10-4-2-1-3-9(10)12/h1-4H,5-8H2. The van der Waals surface area contributed by atoms with Crippen LogP contribution in [0.2, 0.25) is 0 Å². The second kappa shape index (κ2) is 3.64. The van der Waals surface area contributed by atoms with Crippen LogP contribution < -0.4 is 9.64 Å². The average Bonchev–Trinajstić information content (AvgIpc) is 2.19. The Bertz CT molecular complexity index is 290. The van der Waals surface area contributed by atoms with Gasteiger partial charge in [-0.15, -0.1) is 0 Å². The molecule has 0 bridgehead atoms. The number of para-hydroxylation sites is 2. The molecular weight excluding hydrogens is 169 g/mol. The number of anilines is 1. The molecule has 1 aromatic carbocycles. The number of rotatable bonds is 2. The van der Waals surface area contributed by atoms with E-state index in [9.17, 15) is 4.39 Å². The predicted molar refractivity (Wildman–Crippen MR) is 50.1 cm³/mol. The fourth-order valence-electron chi connectivity index (χ4n) is 1.56. The van der Waals surface area contributed by atoms with E-state index in [4.69, 9.17) is 4.74 Å². The SMILES string of the molecule is FCCN1CCOc2ccccc21. The fraction of sp³-hybridized carbons (Fsp3) is 0.400. The summed E-state index contributed by atoms with van der Waals surface area (Å²) in [5.41, 5.74) is 1.01. The van der Waals surface area contributed by atoms with Crippen LogP contribution in [0, 0.1) is 0 Å². The molecule has 0 aromatic heterocycles. The van der Waals surface area contributed by atoms with Gasteiger partial charge in [0.1, 0.15) is 19.0 Å². The topological polar surface area (TPSA) is 12.5 Å². The van der Waals surface area contributed by atoms with Gasteiger partial charge < -0.3 is 9.64 Å². The Morgan fingerprint density at radius 1 is 1.38 bits per heavy atom. The van der Waals surface area contributed by atoms with Crippen LogP contribution in [0.15, 0.2) is 24.3 Å². The monoisotopic (exact) mass is 181 g/mol. The van der Waals surface area contributed by atoms with Crippen LogP contribution in [0.25, 0.3) is 0 Å². The summed E-state index contributed by atoms with van der Waals surface area (Å²) in [5, 5.41) is 0. The van der Waals surface area contributed by atoms with Crippen molar-refractivity contribution < 1.29 is 9.13 Å². The first-order valence-electron chi connectivity index (χ1n) is 4.44. The fourth-order valence-corrected chi connectivity index (χ4v) is 1.56. The third-order valence-electron chi connectivity index (χ3n) is 2.18. The molecule has 1 heterocycles. The van der Waals surface area contributed by atoms with E-state index in [2.05, 4.69) is 0 Å². The minimum absolute atomic E-state index is 0.311. The first kappa shape index (κ1) is 8.35. The van der Waals surface area contributed by atoms with Gasteiger partial charge in [0.2, 0.25) is 0 Å². The van der Waals surface area contributed by atoms with Crippen molar-refractivity contribution in [2.75, 3.05) is 31.3 Å². The molecule has 2 rings (SSSR count). The minimum atomic E-state index is -0.311. The molecule has 0 saturated carbocycles. The molecule has 70 valence electrons. The third kappa shape index (κ3) is 1.59. The van der Waals surface area contributed by atoms with Gasteiger partial charge in [-0.1, -0.05) is 12.1 Å². The van der Waals surface area contributed by atoms with Crippen LogP contribution in [0.5, 0.6) is 5.75 Å². The molecule has 0 radical (unpaired) electrons. The van der Waals surface area contributed by atoms with Crippen LogP contribution in [0.4, 0.5) is 10.1 Å². The summed E-state index contributed by atoms with van der Waals surface area (Å²) in [5.74, 6) is 0.863. The van der Waals surface area contributed by atoms with Crippen molar-refractivity contribution in [1.29, 1.82) is 0 Å². The lowest BCUT2D eigenvalue weighted by Crippen LogP contribution is -2.34. The molecule has 0 amide bonds. The highest BCUT2D eigenvalue weighted by molar-refractivity contribution is 5.59. The maximum Gasteiger partial charge on any atom is 0.142 e. The van der Waals surface area contributed by atoms with Crippen LogP contribution in [0.3, 0.4) is 0 Å². The molecule has 1 aliphatic rings. The van der Waals surface area contributed by atoms with E-state index in [1.165, 1.54) is 0 Å². The zero-order valence-corrected chi connectivity index (χ0v) is 7.37. The van der Waals surface area contributed by atoms with Gasteiger partial charge in [-0.05, 0) is 12.1 Å². The largest absolute Gasteiger partial charge is 0.490 e. The number of benzene rings is 1. The Balaban J connectivity index is 2.26. The highest BCUT2D eigenvalue weighted by atomic mass is 19.1. The summed E-state index contributed by atoms with van der Waals surface area (Å²) in [6.07, 6.45) is 0. The molecule has 0 fully saturated rings. The summed E-state index contributed by atoms with van der Waals surface area (Å²) in [4.78, 5) is 2.01. The maximum absolute atomic E-state index is 12.2. The van der Waals surface area contributed by atoms with E-state index in [-0.39, 0.29) is 6.67 Å². The van der Waals surface area contributed by atoms with Gasteiger partial charge in [0, 0.05) is 6.54 Å². The van der Waals surface area contributed by atoms with E-state index >= 15 is 0 Å². The highest BCUT2D eigenvalue weighted by Crippen LogP contribution is 2.30. The molecule has 0 aliphatic carbocycles. The van der Waals surface area contributed by atoms with Gasteiger partial charge in [0.05, 0.1) is 12.2 Å². The quantitative estimate of drug-likeness (QED) is 0.690. The molecular formula is C10H12FNO. The number of fused-ring (bicyclic) bond motifs is 1. The zero-order valence-electron chi connectivity index (χ0n) is 7.37. The Labute approximate surface area is 76.9 Å². The Kier molecular flexibility index (Phi) is 2.34. The molecule has 13 heavy (non-hydrogen) atoms. The molecule has 0 N–H and O–H groups in total. The first-order valence-corrected chi connectivity index (χ1v) is 4.44. The maximum atomic E-state index is 12.2. The Morgan fingerprint density at radius 2 is 2.23 bits per heavy atom. The average molecular weight is 181 g/mol. The van der Waals surface area contributed by atoms with Crippen LogP contribution in [-0.4, -0.2) is 26.4 Å². The van der Waals surface area contributed by atoms with Gasteiger partial charge >= 0.3 is 0 Å². The van der Waals surface area contributed by atoms with E-state index in [1.807, 2.05) is 29.2 Å². The second-order valence-corrected chi connectivity index (χ2v) is 2.99.